The number of nitrogens with two attached hydrogens (primary N) is 1. The highest BCUT2D eigenvalue weighted by Gasteiger charge is 2.55. The van der Waals surface area contributed by atoms with E-state index in [0.717, 1.165) is 28.8 Å². The van der Waals surface area contributed by atoms with Crippen LogP contribution < -0.4 is 5.73 Å². The highest BCUT2D eigenvalue weighted by Crippen LogP contribution is 2.50. The predicted molar refractivity (Wildman–Crippen MR) is 192 cm³/mol. The summed E-state index contributed by atoms with van der Waals surface area (Å²) >= 11 is 13.1. The van der Waals surface area contributed by atoms with Gasteiger partial charge in [0.25, 0.3) is 5.91 Å². The minimum absolute atomic E-state index is 0.0778. The van der Waals surface area contributed by atoms with E-state index in [1.54, 1.807) is 0 Å². The summed E-state index contributed by atoms with van der Waals surface area (Å²) in [6, 6.07) is 19.3. The molecule has 252 valence electrons. The third-order valence-corrected chi connectivity index (χ3v) is 11.4. The van der Waals surface area contributed by atoms with Gasteiger partial charge in [0.1, 0.15) is 5.75 Å². The molecule has 0 bridgehead atoms. The second-order valence-electron chi connectivity index (χ2n) is 15.6. The van der Waals surface area contributed by atoms with Crippen LogP contribution in [0.5, 0.6) is 5.75 Å². The van der Waals surface area contributed by atoms with E-state index >= 15 is 0 Å². The Morgan fingerprint density at radius 2 is 1.49 bits per heavy atom. The second kappa shape index (κ2) is 12.8. The number of phenolic OH excluding ortho intramolecular Hbond substituents is 1. The van der Waals surface area contributed by atoms with Crippen LogP contribution in [0.25, 0.3) is 0 Å². The maximum atomic E-state index is 14.6. The molecule has 0 saturated carbocycles. The fourth-order valence-corrected chi connectivity index (χ4v) is 8.25. The van der Waals surface area contributed by atoms with Gasteiger partial charge < -0.3 is 15.7 Å². The van der Waals surface area contributed by atoms with Crippen LogP contribution in [0.15, 0.2) is 60.7 Å². The van der Waals surface area contributed by atoms with Gasteiger partial charge in [-0.25, -0.2) is 0 Å². The second-order valence-corrected chi connectivity index (χ2v) is 16.4. The van der Waals surface area contributed by atoms with Crippen LogP contribution in [0.2, 0.25) is 10.0 Å². The first-order chi connectivity index (χ1) is 21.9. The lowest BCUT2D eigenvalue weighted by atomic mass is 9.61. The Morgan fingerprint density at radius 1 is 0.872 bits per heavy atom. The Hall–Kier alpha value is -3.06. The molecular formula is C39H49Cl2N3O3. The number of phenols is 1. The van der Waals surface area contributed by atoms with Gasteiger partial charge in [-0.15, -0.1) is 0 Å². The Bertz CT molecular complexity index is 1630. The minimum Gasteiger partial charge on any atom is -0.507 e. The van der Waals surface area contributed by atoms with Crippen molar-refractivity contribution in [3.8, 4) is 5.75 Å². The lowest BCUT2D eigenvalue weighted by Crippen LogP contribution is -2.61. The molecule has 47 heavy (non-hydrogen) atoms. The van der Waals surface area contributed by atoms with Crippen molar-refractivity contribution in [1.29, 1.82) is 0 Å². The number of nitrogens with zero attached hydrogens (tertiary/aromatic N) is 2. The molecular weight excluding hydrogens is 629 g/mol. The lowest BCUT2D eigenvalue weighted by Gasteiger charge is -2.52. The van der Waals surface area contributed by atoms with Crippen LogP contribution in [-0.4, -0.2) is 58.9 Å². The number of hydrogen-bond donors (Lipinski definition) is 2. The maximum Gasteiger partial charge on any atom is 0.253 e. The molecule has 3 aromatic rings. The maximum absolute atomic E-state index is 14.6. The van der Waals surface area contributed by atoms with Gasteiger partial charge >= 0.3 is 0 Å². The number of halogens is 2. The van der Waals surface area contributed by atoms with Crippen molar-refractivity contribution in [2.24, 2.45) is 5.73 Å². The number of piperidine rings is 1. The summed E-state index contributed by atoms with van der Waals surface area (Å²) in [5, 5.41) is 12.3. The number of likely N-dealkylation sites (N-methyl/N-ethyl adjacent to an activating group) is 1. The molecule has 3 aromatic carbocycles. The van der Waals surface area contributed by atoms with E-state index in [4.69, 9.17) is 28.9 Å². The molecule has 3 N–H and O–H groups in total. The summed E-state index contributed by atoms with van der Waals surface area (Å²) in [5.41, 5.74) is 8.15. The predicted octanol–water partition coefficient (Wildman–Crippen LogP) is 7.99. The molecule has 2 heterocycles. The lowest BCUT2D eigenvalue weighted by molar-refractivity contribution is -0.127. The zero-order chi connectivity index (χ0) is 34.5. The van der Waals surface area contributed by atoms with Gasteiger partial charge in [-0.05, 0) is 78.6 Å². The first-order valence-corrected chi connectivity index (χ1v) is 17.4. The average molecular weight is 679 g/mol. The number of amides is 2. The summed E-state index contributed by atoms with van der Waals surface area (Å²) in [4.78, 5) is 32.4. The first kappa shape index (κ1) is 35.3. The van der Waals surface area contributed by atoms with E-state index in [2.05, 4.69) is 11.8 Å². The standard InChI is InChI=1S/C39H49Cl2N3O3/c1-8-43-18-16-38(35(42)47,26-12-10-9-11-13-26)23-32(43)39(27-14-15-30(40)31(41)22-27)17-19-44(24-39)34(46)25-20-28(36(2,3)4)33(45)29(21-25)37(5,6)7/h9-15,20-22,32,45H,8,16-19,23-24H2,1-7H3,(H2,42,47). The highest BCUT2D eigenvalue weighted by molar-refractivity contribution is 6.42. The number of carbonyl (C=O) groups excluding carboxylic acids is 2. The van der Waals surface area contributed by atoms with Gasteiger partial charge in [0, 0.05) is 41.2 Å². The molecule has 3 atom stereocenters. The van der Waals surface area contributed by atoms with Crippen LogP contribution in [-0.2, 0) is 26.5 Å². The number of rotatable bonds is 6. The smallest absolute Gasteiger partial charge is 0.253 e. The summed E-state index contributed by atoms with van der Waals surface area (Å²) in [5.74, 6) is -0.156. The van der Waals surface area contributed by atoms with E-state index in [0.29, 0.717) is 54.5 Å². The van der Waals surface area contributed by atoms with Crippen molar-refractivity contribution in [3.63, 3.8) is 0 Å². The monoisotopic (exact) mass is 677 g/mol. The highest BCUT2D eigenvalue weighted by atomic mass is 35.5. The molecule has 2 aliphatic heterocycles. The zero-order valence-electron chi connectivity index (χ0n) is 28.8. The fourth-order valence-electron chi connectivity index (χ4n) is 7.96. The van der Waals surface area contributed by atoms with E-state index in [9.17, 15) is 14.7 Å². The van der Waals surface area contributed by atoms with Crippen LogP contribution >= 0.6 is 23.2 Å². The molecule has 5 rings (SSSR count). The molecule has 8 heteroatoms. The normalized spacial score (nSPS) is 24.0. The molecule has 2 amide bonds. The van der Waals surface area contributed by atoms with Crippen molar-refractivity contribution in [2.45, 2.75) is 95.4 Å². The third kappa shape index (κ3) is 6.41. The van der Waals surface area contributed by atoms with Gasteiger partial charge in [-0.3, -0.25) is 14.5 Å². The van der Waals surface area contributed by atoms with Crippen LogP contribution in [0.1, 0.15) is 100 Å². The SMILES string of the molecule is CCN1CCC(C(N)=O)(c2ccccc2)CC1C1(c2ccc(Cl)c(Cl)c2)CCN(C(=O)c2cc(C(C)(C)C)c(O)c(C(C)(C)C)c2)C1. The van der Waals surface area contributed by atoms with Gasteiger partial charge in [-0.1, -0.05) is 108 Å². The molecule has 0 spiro atoms. The summed E-state index contributed by atoms with van der Waals surface area (Å²) in [6.07, 6.45) is 1.82. The topological polar surface area (TPSA) is 86.9 Å². The van der Waals surface area contributed by atoms with E-state index in [1.807, 2.05) is 107 Å². The molecule has 2 saturated heterocycles. The summed E-state index contributed by atoms with van der Waals surface area (Å²) in [7, 11) is 0. The third-order valence-electron chi connectivity index (χ3n) is 10.7. The van der Waals surface area contributed by atoms with Gasteiger partial charge in [0.15, 0.2) is 0 Å². The number of carbonyl (C=O) groups is 2. The van der Waals surface area contributed by atoms with Crippen LogP contribution in [0, 0.1) is 0 Å². The van der Waals surface area contributed by atoms with E-state index in [1.165, 1.54) is 0 Å². The van der Waals surface area contributed by atoms with Crippen molar-refractivity contribution >= 4 is 35.0 Å². The van der Waals surface area contributed by atoms with E-state index < -0.39 is 10.8 Å². The number of primary amides is 1. The average Bonchev–Trinajstić information content (AvgIpc) is 3.47. The Kier molecular flexibility index (Phi) is 9.57. The molecule has 6 nitrogen and oxygen atoms in total. The summed E-state index contributed by atoms with van der Waals surface area (Å²) < 4.78 is 0. The molecule has 0 radical (unpaired) electrons. The Balaban J connectivity index is 1.63. The quantitative estimate of drug-likeness (QED) is 0.277. The van der Waals surface area contributed by atoms with Gasteiger partial charge in [0.05, 0.1) is 15.5 Å². The van der Waals surface area contributed by atoms with Gasteiger partial charge in [-0.2, -0.15) is 0 Å². The summed E-state index contributed by atoms with van der Waals surface area (Å²) in [6.45, 7) is 16.9. The molecule has 2 fully saturated rings. The van der Waals surface area contributed by atoms with Gasteiger partial charge in [0.2, 0.25) is 5.91 Å². The van der Waals surface area contributed by atoms with Crippen LogP contribution in [0.3, 0.4) is 0 Å². The number of benzene rings is 3. The van der Waals surface area contributed by atoms with Crippen LogP contribution in [0.4, 0.5) is 0 Å². The Labute approximate surface area is 290 Å². The Morgan fingerprint density at radius 3 is 2.02 bits per heavy atom. The molecule has 0 aromatic heterocycles. The zero-order valence-corrected chi connectivity index (χ0v) is 30.3. The number of likely N-dealkylation sites (tertiary alicyclic amines) is 2. The fraction of sp³-hybridized carbons (Fsp3) is 0.487. The minimum atomic E-state index is -0.849. The van der Waals surface area contributed by atoms with Crippen molar-refractivity contribution in [2.75, 3.05) is 26.2 Å². The van der Waals surface area contributed by atoms with Crippen molar-refractivity contribution in [1.82, 2.24) is 9.80 Å². The number of aromatic hydroxyl groups is 1. The largest absolute Gasteiger partial charge is 0.507 e. The molecule has 0 aliphatic carbocycles. The first-order valence-electron chi connectivity index (χ1n) is 16.7. The number of hydrogen-bond acceptors (Lipinski definition) is 4. The van der Waals surface area contributed by atoms with Crippen molar-refractivity contribution in [3.05, 3.63) is 98.5 Å². The molecule has 2 aliphatic rings. The van der Waals surface area contributed by atoms with Crippen molar-refractivity contribution < 1.29 is 14.7 Å². The van der Waals surface area contributed by atoms with E-state index in [-0.39, 0.29) is 34.4 Å². The molecule has 3 unspecified atom stereocenters.